The van der Waals surface area contributed by atoms with E-state index in [1.165, 1.54) is 12.1 Å². The fraction of sp³-hybridized carbons (Fsp3) is 0.333. The van der Waals surface area contributed by atoms with E-state index in [1.807, 2.05) is 38.1 Å². The van der Waals surface area contributed by atoms with Crippen LogP contribution in [0.2, 0.25) is 0 Å². The van der Waals surface area contributed by atoms with E-state index < -0.39 is 6.04 Å². The lowest BCUT2D eigenvalue weighted by atomic mass is 10.0. The number of halogens is 2. The lowest BCUT2D eigenvalue weighted by Gasteiger charge is -2.20. The van der Waals surface area contributed by atoms with Crippen LogP contribution in [0.4, 0.5) is 10.1 Å². The van der Waals surface area contributed by atoms with Crippen LogP contribution in [0.5, 0.6) is 0 Å². The maximum atomic E-state index is 13.5. The molecular weight excluding hydrogens is 381 g/mol. The second kappa shape index (κ2) is 9.17. The first-order valence-corrected chi connectivity index (χ1v) is 9.09. The normalized spacial score (nSPS) is 13.7. The molecule has 0 unspecified atom stereocenters. The quantitative estimate of drug-likeness (QED) is 0.803. The number of carbonyl (C=O) groups excluding carboxylic acids is 2. The van der Waals surface area contributed by atoms with Gasteiger partial charge in [-0.2, -0.15) is 0 Å². The zero-order valence-electron chi connectivity index (χ0n) is 15.9. The van der Waals surface area contributed by atoms with Crippen LogP contribution in [-0.4, -0.2) is 30.9 Å². The van der Waals surface area contributed by atoms with Crippen LogP contribution in [0.3, 0.4) is 0 Å². The molecule has 28 heavy (non-hydrogen) atoms. The number of rotatable bonds is 5. The van der Waals surface area contributed by atoms with Crippen molar-refractivity contribution in [3.8, 4) is 11.1 Å². The van der Waals surface area contributed by atoms with Crippen LogP contribution in [-0.2, 0) is 16.0 Å². The second-order valence-corrected chi connectivity index (χ2v) is 7.14. The van der Waals surface area contributed by atoms with Crippen LogP contribution in [0, 0.1) is 11.7 Å². The summed E-state index contributed by atoms with van der Waals surface area (Å²) < 4.78 is 13.5. The largest absolute Gasteiger partial charge is 0.346 e. The van der Waals surface area contributed by atoms with Gasteiger partial charge in [-0.05, 0) is 53.3 Å². The van der Waals surface area contributed by atoms with Crippen LogP contribution < -0.4 is 16.0 Å². The number of nitrogens with two attached hydrogens (primary N) is 1. The Kier molecular flexibility index (Phi) is 7.16. The monoisotopic (exact) mass is 405 g/mol. The number of hydrogen-bond donors (Lipinski definition) is 2. The van der Waals surface area contributed by atoms with Gasteiger partial charge in [-0.1, -0.05) is 32.0 Å². The Labute approximate surface area is 170 Å². The predicted molar refractivity (Wildman–Crippen MR) is 111 cm³/mol. The minimum absolute atomic E-state index is 0. The lowest BCUT2D eigenvalue weighted by molar-refractivity contribution is -0.126. The SMILES string of the molecule is CC(C)[C@H](N)C(=O)NCC(=O)N1CCc2cc(-c3cccc(F)c3)ccc21.Cl. The maximum Gasteiger partial charge on any atom is 0.246 e. The van der Waals surface area contributed by atoms with Gasteiger partial charge in [-0.3, -0.25) is 9.59 Å². The molecule has 0 aromatic heterocycles. The first kappa shape index (κ1) is 21.9. The number of nitrogens with one attached hydrogen (secondary N) is 1. The molecular formula is C21H25ClFN3O2. The van der Waals surface area contributed by atoms with Crippen molar-refractivity contribution in [2.24, 2.45) is 11.7 Å². The molecule has 1 atom stereocenters. The van der Waals surface area contributed by atoms with Crippen molar-refractivity contribution in [1.29, 1.82) is 0 Å². The molecule has 2 amide bonds. The topological polar surface area (TPSA) is 75.4 Å². The van der Waals surface area contributed by atoms with Gasteiger partial charge >= 0.3 is 0 Å². The van der Waals surface area contributed by atoms with Crippen molar-refractivity contribution in [3.63, 3.8) is 0 Å². The Hall–Kier alpha value is -2.44. The first-order valence-electron chi connectivity index (χ1n) is 9.09. The fourth-order valence-corrected chi connectivity index (χ4v) is 3.19. The Balaban J connectivity index is 0.00000280. The van der Waals surface area contributed by atoms with E-state index in [9.17, 15) is 14.0 Å². The number of anilines is 1. The van der Waals surface area contributed by atoms with Gasteiger partial charge in [0.2, 0.25) is 11.8 Å². The molecule has 5 nitrogen and oxygen atoms in total. The van der Waals surface area contributed by atoms with Gasteiger partial charge in [-0.15, -0.1) is 12.4 Å². The molecule has 1 heterocycles. The third-order valence-electron chi connectivity index (χ3n) is 4.87. The van der Waals surface area contributed by atoms with Crippen molar-refractivity contribution in [3.05, 3.63) is 53.8 Å². The number of carbonyl (C=O) groups is 2. The smallest absolute Gasteiger partial charge is 0.246 e. The summed E-state index contributed by atoms with van der Waals surface area (Å²) in [6, 6.07) is 11.6. The minimum atomic E-state index is -0.627. The molecule has 0 spiro atoms. The van der Waals surface area contributed by atoms with Crippen LogP contribution in [0.15, 0.2) is 42.5 Å². The highest BCUT2D eigenvalue weighted by Gasteiger charge is 2.26. The van der Waals surface area contributed by atoms with Crippen LogP contribution in [0.1, 0.15) is 19.4 Å². The summed E-state index contributed by atoms with van der Waals surface area (Å²) in [7, 11) is 0. The number of fused-ring (bicyclic) bond motifs is 1. The predicted octanol–water partition coefficient (Wildman–Crippen LogP) is 2.90. The lowest BCUT2D eigenvalue weighted by Crippen LogP contribution is -2.47. The van der Waals surface area contributed by atoms with Gasteiger partial charge in [-0.25, -0.2) is 4.39 Å². The summed E-state index contributed by atoms with van der Waals surface area (Å²) in [6.45, 7) is 4.20. The van der Waals surface area contributed by atoms with E-state index in [-0.39, 0.29) is 42.5 Å². The van der Waals surface area contributed by atoms with E-state index in [2.05, 4.69) is 5.32 Å². The molecule has 0 radical (unpaired) electrons. The van der Waals surface area contributed by atoms with E-state index in [0.717, 1.165) is 28.8 Å². The molecule has 3 N–H and O–H groups in total. The van der Waals surface area contributed by atoms with Gasteiger partial charge in [0.15, 0.2) is 0 Å². The molecule has 0 aliphatic carbocycles. The number of nitrogens with zero attached hydrogens (tertiary/aromatic N) is 1. The van der Waals surface area contributed by atoms with Gasteiger partial charge in [0.1, 0.15) is 5.82 Å². The summed E-state index contributed by atoms with van der Waals surface area (Å²) in [5.41, 5.74) is 9.39. The summed E-state index contributed by atoms with van der Waals surface area (Å²) in [5, 5.41) is 2.62. The third kappa shape index (κ3) is 4.69. The van der Waals surface area contributed by atoms with Gasteiger partial charge in [0, 0.05) is 12.2 Å². The van der Waals surface area contributed by atoms with Crippen molar-refractivity contribution in [2.45, 2.75) is 26.3 Å². The number of hydrogen-bond acceptors (Lipinski definition) is 3. The summed E-state index contributed by atoms with van der Waals surface area (Å²) >= 11 is 0. The Morgan fingerprint density at radius 2 is 1.89 bits per heavy atom. The average Bonchev–Trinajstić information content (AvgIpc) is 3.08. The minimum Gasteiger partial charge on any atom is -0.346 e. The Morgan fingerprint density at radius 3 is 2.57 bits per heavy atom. The first-order chi connectivity index (χ1) is 12.9. The highest BCUT2D eigenvalue weighted by molar-refractivity contribution is 5.99. The molecule has 0 saturated heterocycles. The highest BCUT2D eigenvalue weighted by Crippen LogP contribution is 2.32. The molecule has 3 rings (SSSR count). The van der Waals surface area contributed by atoms with Crippen molar-refractivity contribution in [2.75, 3.05) is 18.0 Å². The molecule has 2 aromatic carbocycles. The van der Waals surface area contributed by atoms with E-state index in [4.69, 9.17) is 5.73 Å². The van der Waals surface area contributed by atoms with Crippen molar-refractivity contribution < 1.29 is 14.0 Å². The molecule has 0 bridgehead atoms. The van der Waals surface area contributed by atoms with Crippen LogP contribution >= 0.6 is 12.4 Å². The average molecular weight is 406 g/mol. The zero-order chi connectivity index (χ0) is 19.6. The molecule has 0 saturated carbocycles. The van der Waals surface area contributed by atoms with Crippen molar-refractivity contribution in [1.82, 2.24) is 5.32 Å². The standard InChI is InChI=1S/C21H24FN3O2.ClH/c1-13(2)20(23)21(27)24-12-19(26)25-9-8-16-10-15(6-7-18(16)25)14-4-3-5-17(22)11-14;/h3-7,10-11,13,20H,8-9,12,23H2,1-2H3,(H,24,27);1H/t20-;/m0./s1. The molecule has 7 heteroatoms. The zero-order valence-corrected chi connectivity index (χ0v) is 16.8. The van der Waals surface area contributed by atoms with E-state index in [0.29, 0.717) is 6.54 Å². The van der Waals surface area contributed by atoms with Gasteiger partial charge < -0.3 is 16.0 Å². The summed E-state index contributed by atoms with van der Waals surface area (Å²) in [6.07, 6.45) is 0.726. The summed E-state index contributed by atoms with van der Waals surface area (Å²) in [5.74, 6) is -0.759. The maximum absolute atomic E-state index is 13.5. The molecule has 150 valence electrons. The molecule has 2 aromatic rings. The molecule has 1 aliphatic rings. The Bertz CT molecular complexity index is 872. The van der Waals surface area contributed by atoms with E-state index in [1.54, 1.807) is 11.0 Å². The summed E-state index contributed by atoms with van der Waals surface area (Å²) in [4.78, 5) is 26.1. The highest BCUT2D eigenvalue weighted by atomic mass is 35.5. The van der Waals surface area contributed by atoms with Gasteiger partial charge in [0.05, 0.1) is 12.6 Å². The molecule has 0 fully saturated rings. The Morgan fingerprint density at radius 1 is 1.18 bits per heavy atom. The molecule has 1 aliphatic heterocycles. The number of amides is 2. The van der Waals surface area contributed by atoms with Crippen LogP contribution in [0.25, 0.3) is 11.1 Å². The number of benzene rings is 2. The third-order valence-corrected chi connectivity index (χ3v) is 4.87. The fourth-order valence-electron chi connectivity index (χ4n) is 3.19. The van der Waals surface area contributed by atoms with Crippen molar-refractivity contribution >= 4 is 29.9 Å². The second-order valence-electron chi connectivity index (χ2n) is 7.14. The van der Waals surface area contributed by atoms with Gasteiger partial charge in [0.25, 0.3) is 0 Å². The van der Waals surface area contributed by atoms with E-state index >= 15 is 0 Å².